The summed E-state index contributed by atoms with van der Waals surface area (Å²) in [5.41, 5.74) is 1.70. The molecule has 0 aliphatic carbocycles. The molecule has 138 valence electrons. The molecule has 1 aromatic heterocycles. The van der Waals surface area contributed by atoms with E-state index in [1.54, 1.807) is 31.4 Å². The molecule has 1 unspecified atom stereocenters. The number of carbonyl (C=O) groups is 1. The third-order valence-corrected chi connectivity index (χ3v) is 4.72. The molecule has 1 amide bonds. The Hall–Kier alpha value is -2.34. The molecule has 2 aromatic rings. The van der Waals surface area contributed by atoms with Crippen LogP contribution in [0.3, 0.4) is 0 Å². The first-order valence-corrected chi connectivity index (χ1v) is 9.09. The van der Waals surface area contributed by atoms with Gasteiger partial charge in [0.2, 0.25) is 5.95 Å². The van der Waals surface area contributed by atoms with E-state index in [1.165, 1.54) is 6.42 Å². The third-order valence-electron chi connectivity index (χ3n) is 4.42. The summed E-state index contributed by atoms with van der Waals surface area (Å²) in [6.45, 7) is 5.93. The number of anilines is 2. The second-order valence-electron chi connectivity index (χ2n) is 6.69. The number of ether oxygens (including phenoxy) is 1. The predicted octanol–water partition coefficient (Wildman–Crippen LogP) is 3.94. The smallest absolute Gasteiger partial charge is 0.274 e. The first-order chi connectivity index (χ1) is 12.5. The van der Waals surface area contributed by atoms with Crippen LogP contribution in [-0.4, -0.2) is 36.1 Å². The summed E-state index contributed by atoms with van der Waals surface area (Å²) in [4.78, 5) is 23.8. The van der Waals surface area contributed by atoms with Gasteiger partial charge in [0.1, 0.15) is 11.4 Å². The van der Waals surface area contributed by atoms with Crippen molar-refractivity contribution in [1.29, 1.82) is 0 Å². The number of hydrogen-bond acceptors (Lipinski definition) is 5. The Morgan fingerprint density at radius 1 is 1.35 bits per heavy atom. The normalized spacial score (nSPS) is 17.1. The molecule has 3 rings (SSSR count). The van der Waals surface area contributed by atoms with Gasteiger partial charge >= 0.3 is 0 Å². The van der Waals surface area contributed by atoms with Crippen LogP contribution in [0.1, 0.15) is 35.9 Å². The highest BCUT2D eigenvalue weighted by atomic mass is 35.5. The van der Waals surface area contributed by atoms with Gasteiger partial charge in [-0.25, -0.2) is 9.97 Å². The van der Waals surface area contributed by atoms with E-state index in [9.17, 15) is 4.79 Å². The van der Waals surface area contributed by atoms with E-state index in [-0.39, 0.29) is 5.91 Å². The van der Waals surface area contributed by atoms with Crippen molar-refractivity contribution in [1.82, 2.24) is 9.97 Å². The Morgan fingerprint density at radius 2 is 2.15 bits per heavy atom. The molecule has 1 atom stereocenters. The van der Waals surface area contributed by atoms with Gasteiger partial charge < -0.3 is 15.0 Å². The highest BCUT2D eigenvalue weighted by Gasteiger charge is 2.20. The molecule has 1 fully saturated rings. The van der Waals surface area contributed by atoms with Crippen LogP contribution in [0, 0.1) is 12.8 Å². The molecule has 1 saturated heterocycles. The summed E-state index contributed by atoms with van der Waals surface area (Å²) in [6.07, 6.45) is 2.33. The van der Waals surface area contributed by atoms with E-state index in [4.69, 9.17) is 16.3 Å². The standard InChI is InChI=1S/C19H23ClN4O2/c1-12-5-4-8-24(11-12)19-21-13(2)9-16(23-19)18(25)22-14-6-7-17(26-3)15(20)10-14/h6-7,9-10,12H,4-5,8,11H2,1-3H3,(H,22,25). The third kappa shape index (κ3) is 4.25. The summed E-state index contributed by atoms with van der Waals surface area (Å²) in [5.74, 6) is 1.49. The van der Waals surface area contributed by atoms with Crippen LogP contribution in [0.4, 0.5) is 11.6 Å². The maximum Gasteiger partial charge on any atom is 0.274 e. The topological polar surface area (TPSA) is 67.3 Å². The van der Waals surface area contributed by atoms with E-state index in [0.717, 1.165) is 25.2 Å². The zero-order valence-corrected chi connectivity index (χ0v) is 16.0. The van der Waals surface area contributed by atoms with Crippen molar-refractivity contribution >= 4 is 29.1 Å². The Morgan fingerprint density at radius 3 is 2.85 bits per heavy atom. The quantitative estimate of drug-likeness (QED) is 0.878. The summed E-state index contributed by atoms with van der Waals surface area (Å²) >= 11 is 6.12. The van der Waals surface area contributed by atoms with Gasteiger partial charge in [-0.1, -0.05) is 18.5 Å². The van der Waals surface area contributed by atoms with Crippen LogP contribution in [0.5, 0.6) is 5.75 Å². The van der Waals surface area contributed by atoms with Crippen molar-refractivity contribution in [2.24, 2.45) is 5.92 Å². The lowest BCUT2D eigenvalue weighted by molar-refractivity contribution is 0.102. The molecule has 6 nitrogen and oxygen atoms in total. The van der Waals surface area contributed by atoms with Crippen molar-refractivity contribution in [3.63, 3.8) is 0 Å². The molecule has 0 spiro atoms. The van der Waals surface area contributed by atoms with E-state index in [2.05, 4.69) is 27.1 Å². The number of aromatic nitrogens is 2. The maximum atomic E-state index is 12.6. The second kappa shape index (κ2) is 7.91. The lowest BCUT2D eigenvalue weighted by Gasteiger charge is -2.31. The Labute approximate surface area is 158 Å². The fraction of sp³-hybridized carbons (Fsp3) is 0.421. The van der Waals surface area contributed by atoms with Gasteiger partial charge in [0.25, 0.3) is 5.91 Å². The number of halogens is 1. The monoisotopic (exact) mass is 374 g/mol. The van der Waals surface area contributed by atoms with Gasteiger partial charge in [-0.15, -0.1) is 0 Å². The lowest BCUT2D eigenvalue weighted by atomic mass is 10.0. The predicted molar refractivity (Wildman–Crippen MR) is 103 cm³/mol. The van der Waals surface area contributed by atoms with E-state index >= 15 is 0 Å². The van der Waals surface area contributed by atoms with Crippen LogP contribution in [0.25, 0.3) is 0 Å². The number of aryl methyl sites for hydroxylation is 1. The molecule has 0 radical (unpaired) electrons. The van der Waals surface area contributed by atoms with Gasteiger partial charge in [0, 0.05) is 24.5 Å². The van der Waals surface area contributed by atoms with Crippen molar-refractivity contribution in [3.8, 4) is 5.75 Å². The average Bonchev–Trinajstić information content (AvgIpc) is 2.61. The number of nitrogens with zero attached hydrogens (tertiary/aromatic N) is 3. The fourth-order valence-electron chi connectivity index (χ4n) is 3.12. The number of amides is 1. The largest absolute Gasteiger partial charge is 0.495 e. The van der Waals surface area contributed by atoms with Crippen molar-refractivity contribution in [2.75, 3.05) is 30.4 Å². The molecule has 1 aliphatic heterocycles. The minimum absolute atomic E-state index is 0.289. The van der Waals surface area contributed by atoms with Gasteiger partial charge in [0.15, 0.2) is 0 Å². The molecule has 7 heteroatoms. The van der Waals surface area contributed by atoms with E-state index in [1.807, 2.05) is 6.92 Å². The lowest BCUT2D eigenvalue weighted by Crippen LogP contribution is -2.36. The molecule has 1 N–H and O–H groups in total. The minimum atomic E-state index is -0.289. The summed E-state index contributed by atoms with van der Waals surface area (Å²) in [7, 11) is 1.55. The molecular formula is C19H23ClN4O2. The van der Waals surface area contributed by atoms with Crippen molar-refractivity contribution in [2.45, 2.75) is 26.7 Å². The van der Waals surface area contributed by atoms with Crippen LogP contribution in [-0.2, 0) is 0 Å². The number of methoxy groups -OCH3 is 1. The Kier molecular flexibility index (Phi) is 5.61. The molecule has 0 saturated carbocycles. The maximum absolute atomic E-state index is 12.6. The van der Waals surface area contributed by atoms with E-state index in [0.29, 0.717) is 34.0 Å². The first kappa shape index (κ1) is 18.5. The second-order valence-corrected chi connectivity index (χ2v) is 7.10. The minimum Gasteiger partial charge on any atom is -0.495 e. The van der Waals surface area contributed by atoms with Crippen LogP contribution in [0.2, 0.25) is 5.02 Å². The zero-order chi connectivity index (χ0) is 18.7. The number of carbonyl (C=O) groups excluding carboxylic acids is 1. The number of benzene rings is 1. The van der Waals surface area contributed by atoms with Gasteiger partial charge in [-0.2, -0.15) is 0 Å². The summed E-state index contributed by atoms with van der Waals surface area (Å²) < 4.78 is 5.13. The van der Waals surface area contributed by atoms with Gasteiger partial charge in [0.05, 0.1) is 12.1 Å². The van der Waals surface area contributed by atoms with Gasteiger partial charge in [-0.05, 0) is 49.9 Å². The summed E-state index contributed by atoms with van der Waals surface area (Å²) in [6, 6.07) is 6.80. The Bertz CT molecular complexity index is 812. The Balaban J connectivity index is 1.80. The number of piperidine rings is 1. The number of hydrogen-bond donors (Lipinski definition) is 1. The van der Waals surface area contributed by atoms with Crippen molar-refractivity contribution in [3.05, 3.63) is 40.7 Å². The molecule has 0 bridgehead atoms. The average molecular weight is 375 g/mol. The van der Waals surface area contributed by atoms with E-state index < -0.39 is 0 Å². The molecular weight excluding hydrogens is 352 g/mol. The van der Waals surface area contributed by atoms with Crippen LogP contribution >= 0.6 is 11.6 Å². The SMILES string of the molecule is COc1ccc(NC(=O)c2cc(C)nc(N3CCCC(C)C3)n2)cc1Cl. The van der Waals surface area contributed by atoms with Crippen molar-refractivity contribution < 1.29 is 9.53 Å². The molecule has 2 heterocycles. The number of rotatable bonds is 4. The van der Waals surface area contributed by atoms with Crippen LogP contribution in [0.15, 0.2) is 24.3 Å². The highest BCUT2D eigenvalue weighted by molar-refractivity contribution is 6.32. The zero-order valence-electron chi connectivity index (χ0n) is 15.3. The van der Waals surface area contributed by atoms with Gasteiger partial charge in [-0.3, -0.25) is 4.79 Å². The first-order valence-electron chi connectivity index (χ1n) is 8.72. The highest BCUT2D eigenvalue weighted by Crippen LogP contribution is 2.27. The molecule has 1 aliphatic rings. The molecule has 1 aromatic carbocycles. The number of nitrogens with one attached hydrogen (secondary N) is 1. The summed E-state index contributed by atoms with van der Waals surface area (Å²) in [5, 5.41) is 3.27. The van der Waals surface area contributed by atoms with Crippen LogP contribution < -0.4 is 15.0 Å². The fourth-order valence-corrected chi connectivity index (χ4v) is 3.38. The molecule has 26 heavy (non-hydrogen) atoms.